The molecule has 1 aliphatic heterocycles. The molecule has 0 fully saturated rings. The molecule has 94 valence electrons. The van der Waals surface area contributed by atoms with Crippen LogP contribution in [-0.2, 0) is 22.8 Å². The molecule has 0 saturated carbocycles. The van der Waals surface area contributed by atoms with Crippen molar-refractivity contribution in [1.29, 1.82) is 0 Å². The Morgan fingerprint density at radius 2 is 1.69 bits per heavy atom. The Hall–Kier alpha value is -0.693. The summed E-state index contributed by atoms with van der Waals surface area (Å²) >= 11 is 0. The van der Waals surface area contributed by atoms with E-state index in [1.807, 2.05) is 20.8 Å². The minimum Gasteiger partial charge on any atom is -0.458 e. The smallest absolute Gasteiger partial charge is 0.458 e. The van der Waals surface area contributed by atoms with Crippen LogP contribution in [-0.4, -0.2) is 41.9 Å². The van der Waals surface area contributed by atoms with E-state index in [1.54, 1.807) is 6.08 Å². The van der Waals surface area contributed by atoms with Crippen molar-refractivity contribution in [2.75, 3.05) is 26.4 Å². The zero-order valence-electron chi connectivity index (χ0n) is 10.1. The molecule has 0 amide bonds. The van der Waals surface area contributed by atoms with Gasteiger partial charge in [0.1, 0.15) is 6.61 Å². The van der Waals surface area contributed by atoms with Crippen LogP contribution in [0.3, 0.4) is 0 Å². The van der Waals surface area contributed by atoms with Gasteiger partial charge >= 0.3 is 15.5 Å². The molecule has 0 atom stereocenters. The third-order valence-corrected chi connectivity index (χ3v) is 3.30. The highest BCUT2D eigenvalue weighted by Gasteiger charge is 2.11. The van der Waals surface area contributed by atoms with Gasteiger partial charge in [0.2, 0.25) is 0 Å². The molecule has 0 aliphatic carbocycles. The Morgan fingerprint density at radius 3 is 1.88 bits per heavy atom. The summed E-state index contributed by atoms with van der Waals surface area (Å²) in [5.41, 5.74) is 0. The van der Waals surface area contributed by atoms with E-state index < -0.39 is 9.53 Å². The Morgan fingerprint density at radius 1 is 1.19 bits per heavy atom. The van der Waals surface area contributed by atoms with E-state index >= 15 is 0 Å². The number of hydrogen-bond donors (Lipinski definition) is 0. The van der Waals surface area contributed by atoms with Crippen LogP contribution < -0.4 is 0 Å². The summed E-state index contributed by atoms with van der Waals surface area (Å²) in [6.07, 6.45) is 3.10. The van der Waals surface area contributed by atoms with Crippen LogP contribution in [0.5, 0.6) is 0 Å². The standard InChI is InChI=1S/C6H16O3Si.C4H4O2/c1-4-7-10(8-5-2)9-6-3;5-4-2-1-3-6-4/h10H,4-6H2,1-3H3;1-2H,3H2. The molecule has 0 radical (unpaired) electrons. The largest absolute Gasteiger partial charge is 0.484 e. The van der Waals surface area contributed by atoms with E-state index in [2.05, 4.69) is 4.74 Å². The maximum Gasteiger partial charge on any atom is 0.484 e. The second kappa shape index (κ2) is 10.8. The van der Waals surface area contributed by atoms with Gasteiger partial charge in [0.05, 0.1) is 0 Å². The Balaban J connectivity index is 0.000000315. The molecule has 0 spiro atoms. The van der Waals surface area contributed by atoms with Crippen molar-refractivity contribution in [3.8, 4) is 0 Å². The first-order chi connectivity index (χ1) is 7.74. The van der Waals surface area contributed by atoms with Gasteiger partial charge in [-0.1, -0.05) is 0 Å². The van der Waals surface area contributed by atoms with Gasteiger partial charge in [0.15, 0.2) is 0 Å². The first kappa shape index (κ1) is 15.3. The molecule has 16 heavy (non-hydrogen) atoms. The second-order valence-electron chi connectivity index (χ2n) is 2.69. The number of carbonyl (C=O) groups excluding carboxylic acids is 1. The number of esters is 1. The van der Waals surface area contributed by atoms with Gasteiger partial charge in [-0.15, -0.1) is 0 Å². The topological polar surface area (TPSA) is 54.0 Å². The molecule has 0 bridgehead atoms. The summed E-state index contributed by atoms with van der Waals surface area (Å²) < 4.78 is 20.1. The molecule has 0 N–H and O–H groups in total. The molecule has 0 aromatic heterocycles. The van der Waals surface area contributed by atoms with Gasteiger partial charge < -0.3 is 18.0 Å². The number of ether oxygens (including phenoxy) is 1. The van der Waals surface area contributed by atoms with Crippen molar-refractivity contribution in [1.82, 2.24) is 0 Å². The van der Waals surface area contributed by atoms with E-state index in [4.69, 9.17) is 13.3 Å². The molecular formula is C10H20O5Si. The zero-order valence-corrected chi connectivity index (χ0v) is 11.3. The average Bonchev–Trinajstić information content (AvgIpc) is 2.71. The van der Waals surface area contributed by atoms with Crippen LogP contribution in [0.4, 0.5) is 0 Å². The molecule has 0 saturated heterocycles. The number of rotatable bonds is 6. The van der Waals surface area contributed by atoms with Crippen molar-refractivity contribution in [3.63, 3.8) is 0 Å². The highest BCUT2D eigenvalue weighted by atomic mass is 28.3. The monoisotopic (exact) mass is 248 g/mol. The Labute approximate surface area is 98.3 Å². The van der Waals surface area contributed by atoms with Gasteiger partial charge in [-0.25, -0.2) is 4.79 Å². The van der Waals surface area contributed by atoms with Crippen molar-refractivity contribution in [2.24, 2.45) is 0 Å². The van der Waals surface area contributed by atoms with Gasteiger partial charge in [-0.05, 0) is 26.8 Å². The minimum atomic E-state index is -1.73. The van der Waals surface area contributed by atoms with E-state index in [-0.39, 0.29) is 5.97 Å². The molecule has 1 rings (SSSR count). The van der Waals surface area contributed by atoms with Crippen LogP contribution >= 0.6 is 0 Å². The van der Waals surface area contributed by atoms with Gasteiger partial charge in [-0.2, -0.15) is 0 Å². The molecule has 1 heterocycles. The maximum absolute atomic E-state index is 9.93. The maximum atomic E-state index is 9.93. The van der Waals surface area contributed by atoms with Gasteiger partial charge in [-0.3, -0.25) is 0 Å². The van der Waals surface area contributed by atoms with E-state index in [9.17, 15) is 4.79 Å². The molecule has 0 aromatic carbocycles. The van der Waals surface area contributed by atoms with Crippen LogP contribution in [0, 0.1) is 0 Å². The molecule has 5 nitrogen and oxygen atoms in total. The second-order valence-corrected chi connectivity index (χ2v) is 4.26. The summed E-state index contributed by atoms with van der Waals surface area (Å²) in [6.45, 7) is 8.32. The van der Waals surface area contributed by atoms with Crippen molar-refractivity contribution in [2.45, 2.75) is 20.8 Å². The highest BCUT2D eigenvalue weighted by Crippen LogP contribution is 1.91. The van der Waals surface area contributed by atoms with Gasteiger partial charge in [0.25, 0.3) is 0 Å². The van der Waals surface area contributed by atoms with Crippen LogP contribution in [0.15, 0.2) is 12.2 Å². The number of cyclic esters (lactones) is 1. The molecule has 0 unspecified atom stereocenters. The third kappa shape index (κ3) is 8.60. The lowest BCUT2D eigenvalue weighted by Crippen LogP contribution is -2.27. The fourth-order valence-corrected chi connectivity index (χ4v) is 1.98. The van der Waals surface area contributed by atoms with E-state index in [0.29, 0.717) is 26.4 Å². The summed E-state index contributed by atoms with van der Waals surface area (Å²) in [5, 5.41) is 0. The normalized spacial score (nSPS) is 13.6. The van der Waals surface area contributed by atoms with Gasteiger partial charge in [0, 0.05) is 25.9 Å². The SMILES string of the molecule is CCO[SiH](OCC)OCC.O=C1C=CCO1. The predicted molar refractivity (Wildman–Crippen MR) is 62.1 cm³/mol. The summed E-state index contributed by atoms with van der Waals surface area (Å²) in [4.78, 5) is 9.93. The van der Waals surface area contributed by atoms with Crippen LogP contribution in [0.1, 0.15) is 20.8 Å². The molecule has 6 heteroatoms. The lowest BCUT2D eigenvalue weighted by atomic mass is 10.6. The zero-order chi connectivity index (χ0) is 12.2. The Kier molecular flexibility index (Phi) is 10.3. The molecule has 0 aromatic rings. The van der Waals surface area contributed by atoms with Crippen LogP contribution in [0.2, 0.25) is 0 Å². The number of hydrogen-bond acceptors (Lipinski definition) is 5. The summed E-state index contributed by atoms with van der Waals surface area (Å²) in [7, 11) is -1.73. The fraction of sp³-hybridized carbons (Fsp3) is 0.700. The summed E-state index contributed by atoms with van der Waals surface area (Å²) in [6, 6.07) is 0. The average molecular weight is 248 g/mol. The lowest BCUT2D eigenvalue weighted by Gasteiger charge is -2.12. The Bertz CT molecular complexity index is 193. The molecular weight excluding hydrogens is 228 g/mol. The van der Waals surface area contributed by atoms with E-state index in [0.717, 1.165) is 0 Å². The first-order valence-electron chi connectivity index (χ1n) is 5.42. The van der Waals surface area contributed by atoms with Crippen molar-refractivity contribution >= 4 is 15.5 Å². The quantitative estimate of drug-likeness (QED) is 0.516. The third-order valence-electron chi connectivity index (χ3n) is 1.48. The van der Waals surface area contributed by atoms with Crippen molar-refractivity contribution in [3.05, 3.63) is 12.2 Å². The predicted octanol–water partition coefficient (Wildman–Crippen LogP) is 0.912. The highest BCUT2D eigenvalue weighted by molar-refractivity contribution is 6.36. The summed E-state index contributed by atoms with van der Waals surface area (Å²) in [5.74, 6) is -0.227. The van der Waals surface area contributed by atoms with Crippen LogP contribution in [0.25, 0.3) is 0 Å². The van der Waals surface area contributed by atoms with Crippen molar-refractivity contribution < 1.29 is 22.8 Å². The fourth-order valence-electron chi connectivity index (χ4n) is 0.875. The van der Waals surface area contributed by atoms with E-state index in [1.165, 1.54) is 6.08 Å². The first-order valence-corrected chi connectivity index (χ1v) is 6.84. The lowest BCUT2D eigenvalue weighted by molar-refractivity contribution is -0.134. The minimum absolute atomic E-state index is 0.227. The number of carbonyl (C=O) groups is 1. The molecule has 1 aliphatic rings.